The maximum Gasteiger partial charge on any atom is 0.417 e. The predicted molar refractivity (Wildman–Crippen MR) is 96.8 cm³/mol. The second kappa shape index (κ2) is 7.56. The minimum absolute atomic E-state index is 0.0245. The molecule has 0 bridgehead atoms. The monoisotopic (exact) mass is 384 g/mol. The van der Waals surface area contributed by atoms with Gasteiger partial charge in [0.1, 0.15) is 0 Å². The highest BCUT2D eigenvalue weighted by atomic mass is 19.4. The summed E-state index contributed by atoms with van der Waals surface area (Å²) in [4.78, 5) is 12.1. The lowest BCUT2D eigenvalue weighted by Gasteiger charge is -2.10. The van der Waals surface area contributed by atoms with Gasteiger partial charge >= 0.3 is 6.18 Å². The van der Waals surface area contributed by atoms with E-state index in [0.717, 1.165) is 17.7 Å². The second-order valence-electron chi connectivity index (χ2n) is 6.18. The van der Waals surface area contributed by atoms with Crippen LogP contribution in [0.1, 0.15) is 22.4 Å². The number of alkyl halides is 3. The van der Waals surface area contributed by atoms with Crippen LogP contribution in [-0.4, -0.2) is 15.7 Å². The lowest BCUT2D eigenvalue weighted by molar-refractivity contribution is -0.137. The van der Waals surface area contributed by atoms with Gasteiger partial charge in [-0.2, -0.15) is 23.5 Å². The van der Waals surface area contributed by atoms with Crippen molar-refractivity contribution in [1.82, 2.24) is 9.78 Å². The number of carbonyl (C=O) groups is 1. The molecule has 1 aromatic heterocycles. The standard InChI is InChI=1S/C20H15F3N4O/c1-13-2-5-15(6-3-13)25-19(28)10-16-8-9-27(26-16)17-7-4-14(12-24)18(11-17)20(21,22)23/h2-9,11H,10H2,1H3,(H,25,28). The van der Waals surface area contributed by atoms with Gasteiger partial charge in [-0.25, -0.2) is 4.68 Å². The van der Waals surface area contributed by atoms with Crippen LogP contribution in [0, 0.1) is 18.3 Å². The lowest BCUT2D eigenvalue weighted by atomic mass is 10.1. The SMILES string of the molecule is Cc1ccc(NC(=O)Cc2ccn(-c3ccc(C#N)c(C(F)(F)F)c3)n2)cc1. The van der Waals surface area contributed by atoms with Crippen molar-refractivity contribution in [1.29, 1.82) is 5.26 Å². The number of aryl methyl sites for hydroxylation is 1. The largest absolute Gasteiger partial charge is 0.417 e. The average molecular weight is 384 g/mol. The Morgan fingerprint density at radius 2 is 1.89 bits per heavy atom. The molecule has 3 rings (SSSR count). The fraction of sp³-hybridized carbons (Fsp3) is 0.150. The number of hydrogen-bond acceptors (Lipinski definition) is 3. The van der Waals surface area contributed by atoms with E-state index in [2.05, 4.69) is 10.4 Å². The molecule has 0 spiro atoms. The van der Waals surface area contributed by atoms with Gasteiger partial charge in [-0.05, 0) is 43.3 Å². The summed E-state index contributed by atoms with van der Waals surface area (Å²) in [5.74, 6) is -0.287. The van der Waals surface area contributed by atoms with E-state index in [1.165, 1.54) is 23.0 Å². The zero-order valence-corrected chi connectivity index (χ0v) is 14.8. The fourth-order valence-corrected chi connectivity index (χ4v) is 2.61. The number of benzene rings is 2. The first-order valence-electron chi connectivity index (χ1n) is 8.29. The Morgan fingerprint density at radius 3 is 2.54 bits per heavy atom. The van der Waals surface area contributed by atoms with Crippen molar-refractivity contribution in [2.24, 2.45) is 0 Å². The van der Waals surface area contributed by atoms with E-state index in [4.69, 9.17) is 5.26 Å². The molecule has 8 heteroatoms. The molecule has 2 aromatic carbocycles. The molecule has 1 amide bonds. The Hall–Kier alpha value is -3.60. The third kappa shape index (κ3) is 4.38. The first-order chi connectivity index (χ1) is 13.3. The molecular formula is C20H15F3N4O. The van der Waals surface area contributed by atoms with Crippen molar-refractivity contribution in [2.45, 2.75) is 19.5 Å². The molecular weight excluding hydrogens is 369 g/mol. The van der Waals surface area contributed by atoms with Gasteiger partial charge in [-0.3, -0.25) is 4.79 Å². The molecule has 0 unspecified atom stereocenters. The Balaban J connectivity index is 1.76. The first-order valence-corrected chi connectivity index (χ1v) is 8.29. The number of rotatable bonds is 4. The Morgan fingerprint density at radius 1 is 1.18 bits per heavy atom. The van der Waals surface area contributed by atoms with Gasteiger partial charge in [0.25, 0.3) is 0 Å². The average Bonchev–Trinajstić information content (AvgIpc) is 3.10. The third-order valence-electron chi connectivity index (χ3n) is 4.01. The van der Waals surface area contributed by atoms with Gasteiger partial charge in [0.05, 0.1) is 35.0 Å². The van der Waals surface area contributed by atoms with Crippen LogP contribution in [0.15, 0.2) is 54.7 Å². The van der Waals surface area contributed by atoms with Gasteiger partial charge in [-0.1, -0.05) is 17.7 Å². The number of nitrogens with one attached hydrogen (secondary N) is 1. The van der Waals surface area contributed by atoms with E-state index in [9.17, 15) is 18.0 Å². The molecule has 28 heavy (non-hydrogen) atoms. The van der Waals surface area contributed by atoms with Gasteiger partial charge in [-0.15, -0.1) is 0 Å². The number of carbonyl (C=O) groups excluding carboxylic acids is 1. The van der Waals surface area contributed by atoms with Crippen molar-refractivity contribution in [3.05, 3.63) is 77.1 Å². The number of amides is 1. The minimum atomic E-state index is -4.65. The molecule has 1 heterocycles. The molecule has 0 fully saturated rings. The van der Waals surface area contributed by atoms with Crippen LogP contribution in [0.2, 0.25) is 0 Å². The van der Waals surface area contributed by atoms with Gasteiger partial charge in [0, 0.05) is 11.9 Å². The van der Waals surface area contributed by atoms with Crippen LogP contribution >= 0.6 is 0 Å². The Bertz CT molecular complexity index is 1050. The summed E-state index contributed by atoms with van der Waals surface area (Å²) in [5, 5.41) is 15.8. The highest BCUT2D eigenvalue weighted by Gasteiger charge is 2.34. The zero-order chi connectivity index (χ0) is 20.3. The Labute approximate surface area is 159 Å². The van der Waals surface area contributed by atoms with Crippen molar-refractivity contribution >= 4 is 11.6 Å². The lowest BCUT2D eigenvalue weighted by Crippen LogP contribution is -2.15. The molecule has 5 nitrogen and oxygen atoms in total. The first kappa shape index (κ1) is 19.2. The molecule has 0 saturated heterocycles. The normalized spacial score (nSPS) is 11.1. The maximum atomic E-state index is 13.1. The van der Waals surface area contributed by atoms with Crippen molar-refractivity contribution in [3.63, 3.8) is 0 Å². The molecule has 0 aliphatic heterocycles. The summed E-state index contributed by atoms with van der Waals surface area (Å²) >= 11 is 0. The number of hydrogen-bond donors (Lipinski definition) is 1. The summed E-state index contributed by atoms with van der Waals surface area (Å²) in [6, 6.07) is 13.7. The highest BCUT2D eigenvalue weighted by molar-refractivity contribution is 5.92. The summed E-state index contributed by atoms with van der Waals surface area (Å²) in [5.41, 5.74) is 0.788. The van der Waals surface area contributed by atoms with E-state index >= 15 is 0 Å². The summed E-state index contributed by atoms with van der Waals surface area (Å²) in [6.07, 6.45) is -3.20. The number of nitrogens with zero attached hydrogens (tertiary/aromatic N) is 3. The Kier molecular flexibility index (Phi) is 5.18. The smallest absolute Gasteiger partial charge is 0.326 e. The van der Waals surface area contributed by atoms with Crippen LogP contribution in [0.5, 0.6) is 0 Å². The maximum absolute atomic E-state index is 13.1. The zero-order valence-electron chi connectivity index (χ0n) is 14.8. The number of aromatic nitrogens is 2. The number of anilines is 1. The van der Waals surface area contributed by atoms with Gasteiger partial charge in [0.15, 0.2) is 0 Å². The van der Waals surface area contributed by atoms with Crippen molar-refractivity contribution in [3.8, 4) is 11.8 Å². The van der Waals surface area contributed by atoms with Crippen LogP contribution in [0.4, 0.5) is 18.9 Å². The van der Waals surface area contributed by atoms with Crippen LogP contribution in [0.25, 0.3) is 5.69 Å². The third-order valence-corrected chi connectivity index (χ3v) is 4.01. The van der Waals surface area contributed by atoms with Crippen LogP contribution in [-0.2, 0) is 17.4 Å². The molecule has 0 aliphatic rings. The van der Waals surface area contributed by atoms with E-state index in [0.29, 0.717) is 11.4 Å². The van der Waals surface area contributed by atoms with Crippen molar-refractivity contribution < 1.29 is 18.0 Å². The summed E-state index contributed by atoms with van der Waals surface area (Å²) in [7, 11) is 0. The molecule has 3 aromatic rings. The molecule has 0 aliphatic carbocycles. The van der Waals surface area contributed by atoms with E-state index in [-0.39, 0.29) is 18.0 Å². The van der Waals surface area contributed by atoms with E-state index in [1.807, 2.05) is 19.1 Å². The minimum Gasteiger partial charge on any atom is -0.326 e. The second-order valence-corrected chi connectivity index (χ2v) is 6.18. The number of nitriles is 1. The highest BCUT2D eigenvalue weighted by Crippen LogP contribution is 2.33. The quantitative estimate of drug-likeness (QED) is 0.731. The fourth-order valence-electron chi connectivity index (χ4n) is 2.61. The summed E-state index contributed by atoms with van der Waals surface area (Å²) < 4.78 is 40.6. The molecule has 142 valence electrons. The molecule has 0 atom stereocenters. The van der Waals surface area contributed by atoms with Gasteiger partial charge < -0.3 is 5.32 Å². The van der Waals surface area contributed by atoms with Crippen LogP contribution in [0.3, 0.4) is 0 Å². The van der Waals surface area contributed by atoms with Crippen molar-refractivity contribution in [2.75, 3.05) is 5.32 Å². The van der Waals surface area contributed by atoms with Gasteiger partial charge in [0.2, 0.25) is 5.91 Å². The predicted octanol–water partition coefficient (Wildman–Crippen LogP) is 4.25. The van der Waals surface area contributed by atoms with E-state index < -0.39 is 17.3 Å². The molecule has 0 radical (unpaired) electrons. The van der Waals surface area contributed by atoms with Crippen LogP contribution < -0.4 is 5.32 Å². The molecule has 0 saturated carbocycles. The topological polar surface area (TPSA) is 70.7 Å². The summed E-state index contributed by atoms with van der Waals surface area (Å²) in [6.45, 7) is 1.94. The molecule has 1 N–H and O–H groups in total. The van der Waals surface area contributed by atoms with E-state index in [1.54, 1.807) is 18.2 Å². The number of halogens is 3.